The van der Waals surface area contributed by atoms with E-state index in [-0.39, 0.29) is 11.6 Å². The van der Waals surface area contributed by atoms with Crippen molar-refractivity contribution >= 4 is 17.3 Å². The summed E-state index contributed by atoms with van der Waals surface area (Å²) in [5.74, 6) is 0.440. The van der Waals surface area contributed by atoms with Crippen molar-refractivity contribution in [2.24, 2.45) is 5.92 Å². The van der Waals surface area contributed by atoms with Crippen LogP contribution >= 0.6 is 0 Å². The van der Waals surface area contributed by atoms with E-state index in [1.54, 1.807) is 31.2 Å². The van der Waals surface area contributed by atoms with E-state index < -0.39 is 4.92 Å². The van der Waals surface area contributed by atoms with E-state index in [1.165, 1.54) is 6.07 Å². The smallest absolute Gasteiger partial charge is 0.293 e. The van der Waals surface area contributed by atoms with Crippen LogP contribution in [0, 0.1) is 16.0 Å². The normalized spacial score (nSPS) is 15.2. The second-order valence-electron chi connectivity index (χ2n) is 6.70. The minimum Gasteiger partial charge on any atom is -0.385 e. The van der Waals surface area contributed by atoms with E-state index in [4.69, 9.17) is 4.74 Å². The summed E-state index contributed by atoms with van der Waals surface area (Å²) in [4.78, 5) is 27.2. The minimum atomic E-state index is -0.394. The van der Waals surface area contributed by atoms with Crippen molar-refractivity contribution in [3.63, 3.8) is 0 Å². The first-order valence-corrected chi connectivity index (χ1v) is 8.71. The molecule has 0 aliphatic carbocycles. The van der Waals surface area contributed by atoms with Crippen molar-refractivity contribution < 1.29 is 14.5 Å². The zero-order valence-corrected chi connectivity index (χ0v) is 15.2. The molecule has 2 rings (SSSR count). The van der Waals surface area contributed by atoms with E-state index in [1.807, 2.05) is 0 Å². The number of carbonyl (C=O) groups is 1. The van der Waals surface area contributed by atoms with E-state index in [0.29, 0.717) is 30.3 Å². The summed E-state index contributed by atoms with van der Waals surface area (Å²) in [6.45, 7) is 4.95. The number of amides is 1. The van der Waals surface area contributed by atoms with Crippen molar-refractivity contribution in [2.75, 3.05) is 45.3 Å². The van der Waals surface area contributed by atoms with Crippen LogP contribution in [0.4, 0.5) is 11.4 Å². The maximum absolute atomic E-state index is 12.5. The first-order valence-electron chi connectivity index (χ1n) is 8.71. The molecule has 1 aromatic rings. The highest BCUT2D eigenvalue weighted by molar-refractivity contribution is 5.95. The van der Waals surface area contributed by atoms with Gasteiger partial charge in [0, 0.05) is 52.0 Å². The average Bonchev–Trinajstić information content (AvgIpc) is 2.61. The Kier molecular flexibility index (Phi) is 6.75. The van der Waals surface area contributed by atoms with Crippen LogP contribution in [0.1, 0.15) is 36.5 Å². The molecule has 1 saturated heterocycles. The molecule has 0 saturated carbocycles. The Hall–Kier alpha value is -2.15. The number of ether oxygens (including phenoxy) is 1. The molecule has 0 N–H and O–H groups in total. The van der Waals surface area contributed by atoms with Gasteiger partial charge in [0.2, 0.25) is 0 Å². The van der Waals surface area contributed by atoms with Crippen LogP contribution in [0.15, 0.2) is 18.2 Å². The zero-order valence-electron chi connectivity index (χ0n) is 15.2. The molecule has 1 aliphatic heterocycles. The first-order chi connectivity index (χ1) is 11.9. The number of hydrogen-bond donors (Lipinski definition) is 0. The van der Waals surface area contributed by atoms with Gasteiger partial charge in [0.05, 0.1) is 4.92 Å². The van der Waals surface area contributed by atoms with Gasteiger partial charge >= 0.3 is 0 Å². The van der Waals surface area contributed by atoms with Gasteiger partial charge < -0.3 is 14.5 Å². The molecule has 0 atom stereocenters. The molecule has 1 fully saturated rings. The Balaban J connectivity index is 2.17. The molecule has 7 nitrogen and oxygen atoms in total. The number of nitro benzene ring substituents is 1. The van der Waals surface area contributed by atoms with Gasteiger partial charge in [-0.25, -0.2) is 0 Å². The fourth-order valence-electron chi connectivity index (χ4n) is 3.09. The zero-order chi connectivity index (χ0) is 18.4. The van der Waals surface area contributed by atoms with Gasteiger partial charge in [-0.1, -0.05) is 6.92 Å². The third-order valence-electron chi connectivity index (χ3n) is 4.73. The third kappa shape index (κ3) is 4.92. The lowest BCUT2D eigenvalue weighted by atomic mass is 9.98. The highest BCUT2D eigenvalue weighted by atomic mass is 16.6. The van der Waals surface area contributed by atoms with Gasteiger partial charge in [-0.2, -0.15) is 0 Å². The molecule has 0 bridgehead atoms. The second kappa shape index (κ2) is 8.80. The van der Waals surface area contributed by atoms with Crippen molar-refractivity contribution in [3.8, 4) is 0 Å². The molecule has 7 heteroatoms. The molecular formula is C18H27N3O4. The molecule has 0 radical (unpaired) electrons. The number of carbonyl (C=O) groups excluding carboxylic acids is 1. The molecule has 25 heavy (non-hydrogen) atoms. The summed E-state index contributed by atoms with van der Waals surface area (Å²) < 4.78 is 4.99. The first kappa shape index (κ1) is 19.2. The molecule has 1 aromatic carbocycles. The lowest BCUT2D eigenvalue weighted by Crippen LogP contribution is -2.33. The third-order valence-corrected chi connectivity index (χ3v) is 4.73. The van der Waals surface area contributed by atoms with Gasteiger partial charge in [0.25, 0.3) is 11.6 Å². The molecule has 138 valence electrons. The topological polar surface area (TPSA) is 75.9 Å². The lowest BCUT2D eigenvalue weighted by molar-refractivity contribution is -0.384. The quantitative estimate of drug-likeness (QED) is 0.430. The summed E-state index contributed by atoms with van der Waals surface area (Å²) >= 11 is 0. The number of rotatable bonds is 7. The largest absolute Gasteiger partial charge is 0.385 e. The summed E-state index contributed by atoms with van der Waals surface area (Å²) in [6, 6.07) is 4.81. The maximum atomic E-state index is 12.5. The van der Waals surface area contributed by atoms with Gasteiger partial charge in [0.1, 0.15) is 5.69 Å². The van der Waals surface area contributed by atoms with E-state index in [0.717, 1.165) is 32.4 Å². The van der Waals surface area contributed by atoms with Crippen molar-refractivity contribution in [3.05, 3.63) is 33.9 Å². The number of nitrogens with zero attached hydrogens (tertiary/aromatic N) is 3. The molecule has 0 unspecified atom stereocenters. The maximum Gasteiger partial charge on any atom is 0.293 e. The van der Waals surface area contributed by atoms with Crippen LogP contribution in [0.5, 0.6) is 0 Å². The van der Waals surface area contributed by atoms with Crippen LogP contribution < -0.4 is 4.90 Å². The number of anilines is 1. The van der Waals surface area contributed by atoms with E-state index in [9.17, 15) is 14.9 Å². The highest BCUT2D eigenvalue weighted by Crippen LogP contribution is 2.32. The van der Waals surface area contributed by atoms with Gasteiger partial charge in [-0.15, -0.1) is 0 Å². The monoisotopic (exact) mass is 349 g/mol. The van der Waals surface area contributed by atoms with Crippen LogP contribution in [-0.2, 0) is 4.74 Å². The minimum absolute atomic E-state index is 0.00527. The van der Waals surface area contributed by atoms with Crippen LogP contribution in [0.3, 0.4) is 0 Å². The van der Waals surface area contributed by atoms with Gasteiger partial charge in [-0.3, -0.25) is 14.9 Å². The predicted molar refractivity (Wildman–Crippen MR) is 97.2 cm³/mol. The number of hydrogen-bond acceptors (Lipinski definition) is 5. The second-order valence-corrected chi connectivity index (χ2v) is 6.70. The van der Waals surface area contributed by atoms with Crippen LogP contribution in [0.25, 0.3) is 0 Å². The van der Waals surface area contributed by atoms with Gasteiger partial charge in [0.15, 0.2) is 0 Å². The predicted octanol–water partition coefficient (Wildman–Crippen LogP) is 2.94. The van der Waals surface area contributed by atoms with Crippen molar-refractivity contribution in [1.82, 2.24) is 4.90 Å². The molecule has 1 heterocycles. The number of nitro groups is 1. The number of methoxy groups -OCH3 is 1. The fourth-order valence-corrected chi connectivity index (χ4v) is 3.09. The fraction of sp³-hybridized carbons (Fsp3) is 0.611. The Morgan fingerprint density at radius 1 is 1.40 bits per heavy atom. The van der Waals surface area contributed by atoms with E-state index in [2.05, 4.69) is 11.8 Å². The Labute approximate surface area is 148 Å². The number of benzene rings is 1. The standard InChI is InChI=1S/C18H27N3O4/c1-14-7-10-20(11-8-14)16-6-5-15(13-17(16)21(23)24)18(22)19(2)9-4-12-25-3/h5-6,13-14H,4,7-12H2,1-3H3. The summed E-state index contributed by atoms with van der Waals surface area (Å²) in [7, 11) is 3.31. The molecule has 0 aromatic heterocycles. The lowest BCUT2D eigenvalue weighted by Gasteiger charge is -2.31. The van der Waals surface area contributed by atoms with Crippen LogP contribution in [0.2, 0.25) is 0 Å². The Morgan fingerprint density at radius 2 is 2.08 bits per heavy atom. The highest BCUT2D eigenvalue weighted by Gasteiger charge is 2.25. The number of piperidine rings is 1. The molecule has 0 spiro atoms. The SMILES string of the molecule is COCCCN(C)C(=O)c1ccc(N2CCC(C)CC2)c([N+](=O)[O-])c1. The van der Waals surface area contributed by atoms with Crippen molar-refractivity contribution in [2.45, 2.75) is 26.2 Å². The van der Waals surface area contributed by atoms with E-state index >= 15 is 0 Å². The summed E-state index contributed by atoms with van der Waals surface area (Å²) in [5.41, 5.74) is 0.960. The van der Waals surface area contributed by atoms with Gasteiger partial charge in [-0.05, 0) is 37.3 Å². The molecular weight excluding hydrogens is 322 g/mol. The average molecular weight is 349 g/mol. The Bertz CT molecular complexity index is 612. The summed E-state index contributed by atoms with van der Waals surface area (Å²) in [5, 5.41) is 11.5. The molecule has 1 aliphatic rings. The van der Waals surface area contributed by atoms with Crippen LogP contribution in [-0.4, -0.2) is 56.1 Å². The summed E-state index contributed by atoms with van der Waals surface area (Å²) in [6.07, 6.45) is 2.78. The van der Waals surface area contributed by atoms with Crippen molar-refractivity contribution in [1.29, 1.82) is 0 Å². The Morgan fingerprint density at radius 3 is 2.68 bits per heavy atom. The molecule has 1 amide bonds.